The van der Waals surface area contributed by atoms with E-state index < -0.39 is 10.9 Å². The maximum Gasteiger partial charge on any atom is 0.343 e. The number of benzene rings is 2. The smallest absolute Gasteiger partial charge is 0.343 e. The van der Waals surface area contributed by atoms with Crippen LogP contribution in [0.2, 0.25) is 0 Å². The van der Waals surface area contributed by atoms with Gasteiger partial charge in [-0.05, 0) is 49.2 Å². The first-order chi connectivity index (χ1) is 13.1. The number of nitro benzene ring substituents is 1. The van der Waals surface area contributed by atoms with Crippen molar-refractivity contribution in [3.63, 3.8) is 0 Å². The monoisotopic (exact) mass is 365 g/mol. The van der Waals surface area contributed by atoms with Crippen molar-refractivity contribution >= 4 is 17.3 Å². The number of ether oxygens (including phenoxy) is 1. The van der Waals surface area contributed by atoms with Gasteiger partial charge in [0.15, 0.2) is 0 Å². The molecular formula is C20H19N3O4. The van der Waals surface area contributed by atoms with Crippen LogP contribution in [0, 0.1) is 21.4 Å². The van der Waals surface area contributed by atoms with Crippen LogP contribution in [0.15, 0.2) is 42.5 Å². The van der Waals surface area contributed by atoms with Crippen LogP contribution in [0.4, 0.5) is 11.4 Å². The molecule has 0 aromatic heterocycles. The molecule has 0 spiro atoms. The lowest BCUT2D eigenvalue weighted by Gasteiger charge is -2.22. The molecule has 0 saturated carbocycles. The minimum Gasteiger partial charge on any atom is -0.423 e. The predicted molar refractivity (Wildman–Crippen MR) is 99.9 cm³/mol. The van der Waals surface area contributed by atoms with Gasteiger partial charge in [0.2, 0.25) is 0 Å². The zero-order valence-corrected chi connectivity index (χ0v) is 14.8. The third kappa shape index (κ3) is 4.42. The summed E-state index contributed by atoms with van der Waals surface area (Å²) in [5.74, 6) is -0.400. The van der Waals surface area contributed by atoms with Crippen LogP contribution in [-0.4, -0.2) is 24.0 Å². The standard InChI is InChI=1S/C20H19N3O4/c21-14-15-5-8-17(9-6-15)27-20(24)16-7-10-18(19(13-16)23(25)26)22-11-3-1-2-4-12-22/h5-10,13H,1-4,11-12H2. The number of nitrogens with zero attached hydrogens (tertiary/aromatic N) is 3. The summed E-state index contributed by atoms with van der Waals surface area (Å²) < 4.78 is 5.26. The summed E-state index contributed by atoms with van der Waals surface area (Å²) in [5, 5.41) is 20.3. The molecule has 1 fully saturated rings. The van der Waals surface area contributed by atoms with Crippen LogP contribution < -0.4 is 9.64 Å². The molecule has 1 aliphatic rings. The number of nitriles is 1. The molecular weight excluding hydrogens is 346 g/mol. The van der Waals surface area contributed by atoms with Crippen molar-refractivity contribution in [2.75, 3.05) is 18.0 Å². The highest BCUT2D eigenvalue weighted by molar-refractivity contribution is 5.93. The summed E-state index contributed by atoms with van der Waals surface area (Å²) in [6.45, 7) is 1.55. The van der Waals surface area contributed by atoms with Gasteiger partial charge < -0.3 is 9.64 Å². The number of carbonyl (C=O) groups is 1. The average Bonchev–Trinajstić information content (AvgIpc) is 2.97. The number of esters is 1. The lowest BCUT2D eigenvalue weighted by Crippen LogP contribution is -2.25. The molecule has 7 heteroatoms. The molecule has 0 N–H and O–H groups in total. The van der Waals surface area contributed by atoms with Crippen molar-refractivity contribution < 1.29 is 14.5 Å². The van der Waals surface area contributed by atoms with Crippen molar-refractivity contribution in [1.82, 2.24) is 0 Å². The van der Waals surface area contributed by atoms with Gasteiger partial charge >= 0.3 is 5.97 Å². The molecule has 1 saturated heterocycles. The molecule has 0 unspecified atom stereocenters. The Morgan fingerprint density at radius 2 is 1.74 bits per heavy atom. The Kier molecular flexibility index (Phi) is 5.67. The van der Waals surface area contributed by atoms with Gasteiger partial charge in [-0.15, -0.1) is 0 Å². The summed E-state index contributed by atoms with van der Waals surface area (Å²) >= 11 is 0. The molecule has 2 aromatic rings. The number of rotatable bonds is 4. The van der Waals surface area contributed by atoms with E-state index >= 15 is 0 Å². The third-order valence-corrected chi connectivity index (χ3v) is 4.55. The quantitative estimate of drug-likeness (QED) is 0.351. The minimum absolute atomic E-state index is 0.0915. The van der Waals surface area contributed by atoms with Gasteiger partial charge in [-0.25, -0.2) is 4.79 Å². The average molecular weight is 365 g/mol. The normalized spacial score (nSPS) is 14.1. The van der Waals surface area contributed by atoms with Gasteiger partial charge in [0.25, 0.3) is 5.69 Å². The molecule has 27 heavy (non-hydrogen) atoms. The first-order valence-corrected chi connectivity index (χ1v) is 8.84. The summed E-state index contributed by atoms with van der Waals surface area (Å²) in [6, 6.07) is 12.5. The lowest BCUT2D eigenvalue weighted by atomic mass is 10.1. The SMILES string of the molecule is N#Cc1ccc(OC(=O)c2ccc(N3CCCCCC3)c([N+](=O)[O-])c2)cc1. The highest BCUT2D eigenvalue weighted by Gasteiger charge is 2.23. The van der Waals surface area contributed by atoms with Crippen LogP contribution in [0.3, 0.4) is 0 Å². The number of hydrogen-bond donors (Lipinski definition) is 0. The van der Waals surface area contributed by atoms with E-state index in [1.54, 1.807) is 12.1 Å². The van der Waals surface area contributed by atoms with Crippen molar-refractivity contribution in [2.24, 2.45) is 0 Å². The van der Waals surface area contributed by atoms with Crippen molar-refractivity contribution in [1.29, 1.82) is 5.26 Å². The van der Waals surface area contributed by atoms with E-state index in [0.29, 0.717) is 11.3 Å². The van der Waals surface area contributed by atoms with Gasteiger partial charge in [-0.3, -0.25) is 10.1 Å². The highest BCUT2D eigenvalue weighted by atomic mass is 16.6. The Labute approximate surface area is 156 Å². The maximum absolute atomic E-state index is 12.4. The van der Waals surface area contributed by atoms with Crippen LogP contribution in [0.25, 0.3) is 0 Å². The lowest BCUT2D eigenvalue weighted by molar-refractivity contribution is -0.384. The summed E-state index contributed by atoms with van der Waals surface area (Å²) in [5.41, 5.74) is 1.01. The van der Waals surface area contributed by atoms with Crippen molar-refractivity contribution in [3.8, 4) is 11.8 Å². The Bertz CT molecular complexity index is 879. The minimum atomic E-state index is -0.676. The van der Waals surface area contributed by atoms with E-state index in [2.05, 4.69) is 0 Å². The van der Waals surface area contributed by atoms with E-state index in [1.807, 2.05) is 11.0 Å². The summed E-state index contributed by atoms with van der Waals surface area (Å²) in [6.07, 6.45) is 4.25. The van der Waals surface area contributed by atoms with Gasteiger partial charge in [0.05, 0.1) is 22.1 Å². The van der Waals surface area contributed by atoms with Gasteiger partial charge in [-0.1, -0.05) is 12.8 Å². The van der Waals surface area contributed by atoms with Gasteiger partial charge in [-0.2, -0.15) is 5.26 Å². The second-order valence-electron chi connectivity index (χ2n) is 6.39. The number of hydrogen-bond acceptors (Lipinski definition) is 6. The first-order valence-electron chi connectivity index (χ1n) is 8.84. The zero-order chi connectivity index (χ0) is 19.2. The van der Waals surface area contributed by atoms with E-state index in [4.69, 9.17) is 10.00 Å². The van der Waals surface area contributed by atoms with Crippen LogP contribution in [0.1, 0.15) is 41.6 Å². The molecule has 2 aromatic carbocycles. The Balaban J connectivity index is 1.83. The van der Waals surface area contributed by atoms with Gasteiger partial charge in [0.1, 0.15) is 11.4 Å². The molecule has 0 aliphatic carbocycles. The first kappa shape index (κ1) is 18.4. The van der Waals surface area contributed by atoms with E-state index in [9.17, 15) is 14.9 Å². The molecule has 0 atom stereocenters. The summed E-state index contributed by atoms with van der Waals surface area (Å²) in [7, 11) is 0. The number of nitro groups is 1. The van der Waals surface area contributed by atoms with E-state index in [1.165, 1.54) is 30.3 Å². The topological polar surface area (TPSA) is 96.5 Å². The Morgan fingerprint density at radius 3 is 2.33 bits per heavy atom. The van der Waals surface area contributed by atoms with E-state index in [-0.39, 0.29) is 17.0 Å². The van der Waals surface area contributed by atoms with Crippen LogP contribution >= 0.6 is 0 Å². The number of anilines is 1. The Hall–Kier alpha value is -3.40. The van der Waals surface area contributed by atoms with Crippen molar-refractivity contribution in [2.45, 2.75) is 25.7 Å². The molecule has 0 bridgehead atoms. The fraction of sp³-hybridized carbons (Fsp3) is 0.300. The van der Waals surface area contributed by atoms with Crippen LogP contribution in [0.5, 0.6) is 5.75 Å². The largest absolute Gasteiger partial charge is 0.423 e. The molecule has 7 nitrogen and oxygen atoms in total. The second kappa shape index (κ2) is 8.32. The second-order valence-corrected chi connectivity index (χ2v) is 6.39. The summed E-state index contributed by atoms with van der Waals surface area (Å²) in [4.78, 5) is 25.5. The fourth-order valence-corrected chi connectivity index (χ4v) is 3.14. The molecule has 138 valence electrons. The highest BCUT2D eigenvalue weighted by Crippen LogP contribution is 2.31. The van der Waals surface area contributed by atoms with Crippen LogP contribution in [-0.2, 0) is 0 Å². The molecule has 0 radical (unpaired) electrons. The number of carbonyl (C=O) groups excluding carboxylic acids is 1. The molecule has 3 rings (SSSR count). The molecule has 1 heterocycles. The molecule has 1 aliphatic heterocycles. The molecule has 0 amide bonds. The Morgan fingerprint density at radius 1 is 1.07 bits per heavy atom. The van der Waals surface area contributed by atoms with Gasteiger partial charge in [0, 0.05) is 19.2 Å². The zero-order valence-electron chi connectivity index (χ0n) is 14.8. The fourth-order valence-electron chi connectivity index (χ4n) is 3.14. The maximum atomic E-state index is 12.4. The van der Waals surface area contributed by atoms with Crippen molar-refractivity contribution in [3.05, 3.63) is 63.7 Å². The van der Waals surface area contributed by atoms with E-state index in [0.717, 1.165) is 38.8 Å². The predicted octanol–water partition coefficient (Wildman–Crippen LogP) is 4.07. The third-order valence-electron chi connectivity index (χ3n) is 4.55.